The van der Waals surface area contributed by atoms with Gasteiger partial charge in [-0.25, -0.2) is 4.98 Å². The largest absolute Gasteiger partial charge is 0.484 e. The first-order chi connectivity index (χ1) is 14.3. The van der Waals surface area contributed by atoms with E-state index in [-0.39, 0.29) is 12.5 Å². The van der Waals surface area contributed by atoms with Gasteiger partial charge in [0.15, 0.2) is 11.7 Å². The fourth-order valence-corrected chi connectivity index (χ4v) is 4.20. The zero-order chi connectivity index (χ0) is 21.8. The van der Waals surface area contributed by atoms with Crippen molar-refractivity contribution in [2.24, 2.45) is 0 Å². The van der Waals surface area contributed by atoms with Crippen molar-refractivity contribution in [1.82, 2.24) is 9.88 Å². The summed E-state index contributed by atoms with van der Waals surface area (Å²) < 4.78 is 6.90. The number of hydrogen-bond acceptors (Lipinski definition) is 5. The molecule has 1 heterocycles. The summed E-state index contributed by atoms with van der Waals surface area (Å²) in [6.07, 6.45) is 0. The van der Waals surface area contributed by atoms with Crippen LogP contribution >= 0.6 is 11.3 Å². The first kappa shape index (κ1) is 22.2. The molecular weight excluding hydrogens is 394 g/mol. The number of benzene rings is 2. The van der Waals surface area contributed by atoms with Crippen molar-refractivity contribution < 1.29 is 9.53 Å². The number of likely N-dealkylation sites (N-methyl/N-ethyl adjacent to an activating group) is 1. The zero-order valence-corrected chi connectivity index (χ0v) is 19.5. The Morgan fingerprint density at radius 2 is 1.77 bits per heavy atom. The second kappa shape index (κ2) is 9.58. The third-order valence-electron chi connectivity index (χ3n) is 5.29. The van der Waals surface area contributed by atoms with Crippen LogP contribution < -0.4 is 9.64 Å². The molecule has 0 radical (unpaired) electrons. The highest BCUT2D eigenvalue weighted by atomic mass is 32.1. The van der Waals surface area contributed by atoms with Gasteiger partial charge in [-0.15, -0.1) is 0 Å². The number of aromatic nitrogens is 1. The van der Waals surface area contributed by atoms with Crippen LogP contribution in [-0.4, -0.2) is 49.6 Å². The molecule has 0 unspecified atom stereocenters. The molecule has 0 saturated heterocycles. The monoisotopic (exact) mass is 425 g/mol. The molecule has 0 aliphatic carbocycles. The number of nitrogens with zero attached hydrogens (tertiary/aromatic N) is 3. The highest BCUT2D eigenvalue weighted by Crippen LogP contribution is 2.32. The molecule has 0 atom stereocenters. The van der Waals surface area contributed by atoms with Gasteiger partial charge in [0, 0.05) is 13.1 Å². The molecule has 2 aromatic carbocycles. The van der Waals surface area contributed by atoms with E-state index in [1.807, 2.05) is 38.4 Å². The van der Waals surface area contributed by atoms with Crippen LogP contribution in [0.2, 0.25) is 0 Å². The third kappa shape index (κ3) is 5.18. The van der Waals surface area contributed by atoms with Gasteiger partial charge in [-0.1, -0.05) is 43.4 Å². The predicted molar refractivity (Wildman–Crippen MR) is 126 cm³/mol. The van der Waals surface area contributed by atoms with Crippen LogP contribution in [0.5, 0.6) is 5.75 Å². The number of amides is 1. The van der Waals surface area contributed by atoms with Crippen LogP contribution in [0.15, 0.2) is 36.4 Å². The van der Waals surface area contributed by atoms with Crippen LogP contribution in [0.1, 0.15) is 36.5 Å². The molecule has 5 nitrogen and oxygen atoms in total. The Labute approximate surface area is 183 Å². The summed E-state index contributed by atoms with van der Waals surface area (Å²) in [5, 5.41) is 0.726. The van der Waals surface area contributed by atoms with Gasteiger partial charge in [0.05, 0.1) is 10.2 Å². The standard InChI is InChI=1S/C24H31N3O2S/c1-16(2)19-8-10-20(11-9-19)29-15-22(28)27(14-13-26(5)6)24-25-23-18(4)17(3)7-12-21(23)30-24/h7-12,16H,13-15H2,1-6H3. The molecule has 3 rings (SSSR count). The Morgan fingerprint density at radius 3 is 2.40 bits per heavy atom. The number of ether oxygens (including phenoxy) is 1. The van der Waals surface area contributed by atoms with Gasteiger partial charge in [0.1, 0.15) is 5.75 Å². The van der Waals surface area contributed by atoms with Crippen molar-refractivity contribution in [2.75, 3.05) is 38.7 Å². The van der Waals surface area contributed by atoms with Crippen LogP contribution in [0.4, 0.5) is 5.13 Å². The lowest BCUT2D eigenvalue weighted by atomic mass is 10.0. The quantitative estimate of drug-likeness (QED) is 0.509. The average Bonchev–Trinajstić information content (AvgIpc) is 3.14. The third-order valence-corrected chi connectivity index (χ3v) is 6.33. The number of aryl methyl sites for hydroxylation is 2. The summed E-state index contributed by atoms with van der Waals surface area (Å²) in [4.78, 5) is 21.7. The van der Waals surface area contributed by atoms with Gasteiger partial charge >= 0.3 is 0 Å². The fourth-order valence-electron chi connectivity index (χ4n) is 3.13. The maximum Gasteiger partial charge on any atom is 0.266 e. The fraction of sp³-hybridized carbons (Fsp3) is 0.417. The van der Waals surface area contributed by atoms with Gasteiger partial charge in [-0.05, 0) is 68.8 Å². The van der Waals surface area contributed by atoms with Crippen molar-refractivity contribution in [3.05, 3.63) is 53.1 Å². The minimum absolute atomic E-state index is 0.0115. The molecule has 0 aliphatic rings. The highest BCUT2D eigenvalue weighted by Gasteiger charge is 2.21. The lowest BCUT2D eigenvalue weighted by molar-refractivity contribution is -0.120. The van der Waals surface area contributed by atoms with E-state index in [1.165, 1.54) is 11.1 Å². The molecule has 0 bridgehead atoms. The molecule has 0 fully saturated rings. The number of carbonyl (C=O) groups is 1. The molecule has 1 aromatic heterocycles. The summed E-state index contributed by atoms with van der Waals surface area (Å²) in [5.74, 6) is 1.09. The van der Waals surface area contributed by atoms with Gasteiger partial charge in [-0.2, -0.15) is 0 Å². The van der Waals surface area contributed by atoms with Gasteiger partial charge in [0.25, 0.3) is 5.91 Å². The number of thiazole rings is 1. The highest BCUT2D eigenvalue weighted by molar-refractivity contribution is 7.22. The van der Waals surface area contributed by atoms with Crippen molar-refractivity contribution in [3.8, 4) is 5.75 Å². The van der Waals surface area contributed by atoms with E-state index in [4.69, 9.17) is 9.72 Å². The maximum absolute atomic E-state index is 13.1. The SMILES string of the molecule is Cc1ccc2sc(N(CCN(C)C)C(=O)COc3ccc(C(C)C)cc3)nc2c1C. The maximum atomic E-state index is 13.1. The molecule has 30 heavy (non-hydrogen) atoms. The van der Waals surface area contributed by atoms with E-state index in [0.717, 1.165) is 27.5 Å². The van der Waals surface area contributed by atoms with Crippen LogP contribution in [0, 0.1) is 13.8 Å². The Balaban J connectivity index is 1.79. The van der Waals surface area contributed by atoms with Crippen LogP contribution in [0.25, 0.3) is 10.2 Å². The molecule has 3 aromatic rings. The predicted octanol–water partition coefficient (Wildman–Crippen LogP) is 5.01. The van der Waals surface area contributed by atoms with Crippen molar-refractivity contribution >= 4 is 32.6 Å². The van der Waals surface area contributed by atoms with Crippen LogP contribution in [0.3, 0.4) is 0 Å². The minimum Gasteiger partial charge on any atom is -0.484 e. The summed E-state index contributed by atoms with van der Waals surface area (Å²) in [6, 6.07) is 12.1. The zero-order valence-electron chi connectivity index (χ0n) is 18.7. The first-order valence-corrected chi connectivity index (χ1v) is 11.1. The molecule has 0 aliphatic heterocycles. The van der Waals surface area contributed by atoms with E-state index in [0.29, 0.717) is 18.2 Å². The van der Waals surface area contributed by atoms with E-state index in [9.17, 15) is 4.79 Å². The number of fused-ring (bicyclic) bond motifs is 1. The molecule has 160 valence electrons. The van der Waals surface area contributed by atoms with E-state index < -0.39 is 0 Å². The lowest BCUT2D eigenvalue weighted by Gasteiger charge is -2.22. The van der Waals surface area contributed by atoms with Gasteiger partial charge in [-0.3, -0.25) is 9.69 Å². The second-order valence-corrected chi connectivity index (χ2v) is 9.22. The van der Waals surface area contributed by atoms with E-state index in [2.05, 4.69) is 44.7 Å². The van der Waals surface area contributed by atoms with E-state index in [1.54, 1.807) is 16.2 Å². The summed E-state index contributed by atoms with van der Waals surface area (Å²) in [5.41, 5.74) is 4.60. The van der Waals surface area contributed by atoms with Gasteiger partial charge in [0.2, 0.25) is 0 Å². The van der Waals surface area contributed by atoms with Gasteiger partial charge < -0.3 is 9.64 Å². The Morgan fingerprint density at radius 1 is 1.07 bits per heavy atom. The molecular formula is C24H31N3O2S. The Kier molecular flexibility index (Phi) is 7.10. The van der Waals surface area contributed by atoms with Crippen molar-refractivity contribution in [2.45, 2.75) is 33.6 Å². The smallest absolute Gasteiger partial charge is 0.266 e. The number of rotatable bonds is 8. The van der Waals surface area contributed by atoms with Crippen molar-refractivity contribution in [1.29, 1.82) is 0 Å². The first-order valence-electron chi connectivity index (χ1n) is 10.3. The van der Waals surface area contributed by atoms with Crippen LogP contribution in [-0.2, 0) is 4.79 Å². The molecule has 0 spiro atoms. The molecule has 1 amide bonds. The lowest BCUT2D eigenvalue weighted by Crippen LogP contribution is -2.39. The molecule has 0 saturated carbocycles. The summed E-state index contributed by atoms with van der Waals surface area (Å²) in [6.45, 7) is 9.79. The van der Waals surface area contributed by atoms with Crippen molar-refractivity contribution in [3.63, 3.8) is 0 Å². The normalized spacial score (nSPS) is 11.5. The van der Waals surface area contributed by atoms with E-state index >= 15 is 0 Å². The number of carbonyl (C=O) groups excluding carboxylic acids is 1. The molecule has 6 heteroatoms. The Bertz CT molecular complexity index is 1010. The summed E-state index contributed by atoms with van der Waals surface area (Å²) in [7, 11) is 4.00. The topological polar surface area (TPSA) is 45.7 Å². The average molecular weight is 426 g/mol. The summed E-state index contributed by atoms with van der Waals surface area (Å²) >= 11 is 1.55. The number of hydrogen-bond donors (Lipinski definition) is 0. The number of anilines is 1. The minimum atomic E-state index is -0.0850. The second-order valence-electron chi connectivity index (χ2n) is 8.21. The molecule has 0 N–H and O–H groups in total. The Hall–Kier alpha value is -2.44.